The average molecular weight is 139 g/mol. The monoisotopic (exact) mass is 139 g/mol. The highest BCUT2D eigenvalue weighted by atomic mass is 15.3. The molecule has 0 atom stereocenters. The van der Waals surface area contributed by atoms with E-state index in [0.717, 1.165) is 0 Å². The van der Waals surface area contributed by atoms with Crippen LogP contribution in [-0.4, -0.2) is 28.8 Å². The van der Waals surface area contributed by atoms with Crippen molar-refractivity contribution in [3.05, 3.63) is 18.5 Å². The first-order valence-electron chi connectivity index (χ1n) is 2.29. The predicted octanol–water partition coefficient (Wildman–Crippen LogP) is 0.403. The van der Waals surface area contributed by atoms with Crippen LogP contribution in [0, 0.1) is 10.8 Å². The van der Waals surface area contributed by atoms with Gasteiger partial charge in [-0.1, -0.05) is 0 Å². The van der Waals surface area contributed by atoms with Gasteiger partial charge in [-0.05, 0) is 24.7 Å². The smallest absolute Gasteiger partial charge is 0.0529 e. The molecular formula is C5H9N5. The Balaban J connectivity index is 0. The van der Waals surface area contributed by atoms with Crippen molar-refractivity contribution in [3.63, 3.8) is 0 Å². The van der Waals surface area contributed by atoms with Crippen LogP contribution in [0.2, 0.25) is 0 Å². The highest BCUT2D eigenvalue weighted by Crippen LogP contribution is 1.61. The van der Waals surface area contributed by atoms with Crippen molar-refractivity contribution >= 4 is 13.4 Å². The molecule has 0 aliphatic carbocycles. The fourth-order valence-electron chi connectivity index (χ4n) is 0.205. The largest absolute Gasteiger partial charge is 0.317 e. The Morgan fingerprint density at radius 2 is 1.30 bits per heavy atom. The van der Waals surface area contributed by atoms with E-state index < -0.39 is 0 Å². The lowest BCUT2D eigenvalue weighted by Gasteiger charge is -1.68. The second kappa shape index (κ2) is 15.7. The van der Waals surface area contributed by atoms with Crippen molar-refractivity contribution in [1.82, 2.24) is 15.4 Å². The molecule has 1 heterocycles. The minimum atomic E-state index is 1.58. The fraction of sp³-hybridized carbons (Fsp3) is 0. The summed E-state index contributed by atoms with van der Waals surface area (Å²) < 4.78 is 0. The topological polar surface area (TPSA) is 86.4 Å². The van der Waals surface area contributed by atoms with Gasteiger partial charge < -0.3 is 10.8 Å². The number of hydrogen-bond donors (Lipinski definition) is 2. The molecule has 1 aromatic rings. The summed E-state index contributed by atoms with van der Waals surface area (Å²) in [5.74, 6) is 0. The molecule has 2 N–H and O–H groups in total. The number of nitrogens with one attached hydrogen (secondary N) is 2. The van der Waals surface area contributed by atoms with E-state index in [4.69, 9.17) is 10.8 Å². The van der Waals surface area contributed by atoms with E-state index in [0.29, 0.717) is 0 Å². The van der Waals surface area contributed by atoms with Gasteiger partial charge in [-0.25, -0.2) is 0 Å². The van der Waals surface area contributed by atoms with Crippen molar-refractivity contribution in [1.29, 1.82) is 10.8 Å². The highest BCUT2D eigenvalue weighted by molar-refractivity contribution is 5.16. The molecule has 0 saturated carbocycles. The summed E-state index contributed by atoms with van der Waals surface area (Å²) in [6.07, 6.45) is 3.15. The van der Waals surface area contributed by atoms with E-state index in [-0.39, 0.29) is 0 Å². The lowest BCUT2D eigenvalue weighted by atomic mass is 10.7. The van der Waals surface area contributed by atoms with Crippen LogP contribution >= 0.6 is 0 Å². The van der Waals surface area contributed by atoms with E-state index in [1.807, 2.05) is 0 Å². The Bertz CT molecular complexity index is 102. The molecule has 0 fully saturated rings. The van der Waals surface area contributed by atoms with E-state index in [2.05, 4.69) is 28.8 Å². The van der Waals surface area contributed by atoms with Crippen LogP contribution in [-0.2, 0) is 0 Å². The van der Waals surface area contributed by atoms with Crippen LogP contribution in [0.15, 0.2) is 18.5 Å². The first-order chi connectivity index (χ1) is 5.00. The Morgan fingerprint density at radius 1 is 0.900 bits per heavy atom. The summed E-state index contributed by atoms with van der Waals surface area (Å²) in [6.45, 7) is 5.00. The first-order valence-corrected chi connectivity index (χ1v) is 2.29. The average Bonchev–Trinajstić information content (AvgIpc) is 2.14. The molecule has 10 heavy (non-hydrogen) atoms. The molecule has 0 aliphatic rings. The second-order valence-corrected chi connectivity index (χ2v) is 0.811. The lowest BCUT2D eigenvalue weighted by Crippen LogP contribution is -1.78. The quantitative estimate of drug-likeness (QED) is 0.510. The molecule has 0 saturated heterocycles. The van der Waals surface area contributed by atoms with E-state index in [9.17, 15) is 0 Å². The molecule has 1 aromatic heterocycles. The summed E-state index contributed by atoms with van der Waals surface area (Å²) >= 11 is 0. The Hall–Kier alpha value is -1.65. The Kier molecular flexibility index (Phi) is 17.5. The Labute approximate surface area is 59.1 Å². The number of hydrogen-bond acceptors (Lipinski definition) is 5. The summed E-state index contributed by atoms with van der Waals surface area (Å²) in [6, 6.07) is 1.72. The van der Waals surface area contributed by atoms with E-state index in [1.54, 1.807) is 18.5 Å². The van der Waals surface area contributed by atoms with Gasteiger partial charge in [0.25, 0.3) is 0 Å². The van der Waals surface area contributed by atoms with Crippen LogP contribution in [0.4, 0.5) is 0 Å². The van der Waals surface area contributed by atoms with Crippen LogP contribution in [0.25, 0.3) is 0 Å². The molecular weight excluding hydrogens is 130 g/mol. The fourth-order valence-corrected chi connectivity index (χ4v) is 0.205. The third kappa shape index (κ3) is 9.61. The van der Waals surface area contributed by atoms with Gasteiger partial charge in [-0.3, -0.25) is 0 Å². The maximum Gasteiger partial charge on any atom is 0.0529 e. The molecule has 5 heteroatoms. The van der Waals surface area contributed by atoms with Crippen molar-refractivity contribution in [3.8, 4) is 0 Å². The van der Waals surface area contributed by atoms with Gasteiger partial charge in [0.2, 0.25) is 0 Å². The molecule has 1 rings (SSSR count). The van der Waals surface area contributed by atoms with Crippen molar-refractivity contribution in [2.24, 2.45) is 0 Å². The summed E-state index contributed by atoms with van der Waals surface area (Å²) in [5, 5.41) is 21.1. The maximum atomic E-state index is 5.50. The highest BCUT2D eigenvalue weighted by Gasteiger charge is 1.60. The molecule has 0 bridgehead atoms. The number of aromatic nitrogens is 3. The van der Waals surface area contributed by atoms with Gasteiger partial charge in [0.15, 0.2) is 0 Å². The third-order valence-corrected chi connectivity index (χ3v) is 0.409. The van der Waals surface area contributed by atoms with Crippen LogP contribution in [0.5, 0.6) is 0 Å². The van der Waals surface area contributed by atoms with Crippen molar-refractivity contribution in [2.45, 2.75) is 0 Å². The van der Waals surface area contributed by atoms with Crippen molar-refractivity contribution < 1.29 is 0 Å². The second-order valence-electron chi connectivity index (χ2n) is 0.811. The van der Waals surface area contributed by atoms with Crippen LogP contribution in [0.3, 0.4) is 0 Å². The molecule has 0 amide bonds. The van der Waals surface area contributed by atoms with E-state index in [1.165, 1.54) is 0 Å². The molecule has 0 aromatic carbocycles. The normalized spacial score (nSPS) is 5.60. The summed E-state index contributed by atoms with van der Waals surface area (Å²) in [7, 11) is 0. The molecule has 0 aliphatic heterocycles. The molecule has 5 nitrogen and oxygen atoms in total. The van der Waals surface area contributed by atoms with Gasteiger partial charge in [0.1, 0.15) is 0 Å². The minimum absolute atomic E-state index is 1.58. The molecule has 0 radical (unpaired) electrons. The van der Waals surface area contributed by atoms with Crippen LogP contribution < -0.4 is 0 Å². The number of rotatable bonds is 0. The molecule has 54 valence electrons. The van der Waals surface area contributed by atoms with Crippen LogP contribution in [0.1, 0.15) is 0 Å². The standard InChI is InChI=1S/C3H3N3.2CH3N/c1-2-4-6-5-3-1;2*1-2/h1-3H;2*2H,1H2. The zero-order valence-corrected chi connectivity index (χ0v) is 5.49. The lowest BCUT2D eigenvalue weighted by molar-refractivity contribution is 0.865. The zero-order chi connectivity index (χ0) is 8.24. The van der Waals surface area contributed by atoms with Gasteiger partial charge in [-0.15, -0.1) is 10.2 Å². The van der Waals surface area contributed by atoms with Gasteiger partial charge >= 0.3 is 0 Å². The third-order valence-electron chi connectivity index (χ3n) is 0.409. The maximum absolute atomic E-state index is 5.50. The Morgan fingerprint density at radius 3 is 1.40 bits per heavy atom. The molecule has 0 unspecified atom stereocenters. The molecule has 0 spiro atoms. The van der Waals surface area contributed by atoms with Gasteiger partial charge in [0.05, 0.1) is 12.4 Å². The predicted molar refractivity (Wildman–Crippen MR) is 39.5 cm³/mol. The number of nitrogens with zero attached hydrogens (tertiary/aromatic N) is 3. The summed E-state index contributed by atoms with van der Waals surface area (Å²) in [4.78, 5) is 0. The minimum Gasteiger partial charge on any atom is -0.317 e. The first kappa shape index (κ1) is 11.2. The van der Waals surface area contributed by atoms with Crippen molar-refractivity contribution in [2.75, 3.05) is 0 Å². The summed E-state index contributed by atoms with van der Waals surface area (Å²) in [5.41, 5.74) is 0. The zero-order valence-electron chi connectivity index (χ0n) is 5.49. The van der Waals surface area contributed by atoms with Gasteiger partial charge in [-0.2, -0.15) is 0 Å². The van der Waals surface area contributed by atoms with E-state index >= 15 is 0 Å². The SMILES string of the molecule is C=N.C=N.c1cnnnc1. The van der Waals surface area contributed by atoms with Gasteiger partial charge in [0, 0.05) is 0 Å².